The number of hydrogen-bond acceptors (Lipinski definition) is 5. The molecule has 0 radical (unpaired) electrons. The molecular weight excluding hydrogens is 352 g/mol. The number of ether oxygens (including phenoxy) is 1. The van der Waals surface area contributed by atoms with Crippen LogP contribution in [0.1, 0.15) is 78.1 Å². The molecular formula is C20H34O7. The van der Waals surface area contributed by atoms with Crippen molar-refractivity contribution < 1.29 is 34.1 Å². The molecule has 0 heterocycles. The molecule has 0 spiro atoms. The fourth-order valence-corrected chi connectivity index (χ4v) is 2.77. The Balaban J connectivity index is 3.72. The number of carbonyl (C=O) groups excluding carboxylic acids is 2. The fourth-order valence-electron chi connectivity index (χ4n) is 2.77. The molecule has 2 unspecified atom stereocenters. The van der Waals surface area contributed by atoms with E-state index in [0.717, 1.165) is 0 Å². The zero-order chi connectivity index (χ0) is 20.7. The number of Topliss-reactive ketones (excluding diaryl/α,β-unsaturated/α-hetero) is 2. The van der Waals surface area contributed by atoms with Gasteiger partial charge in [-0.15, -0.1) is 0 Å². The molecule has 27 heavy (non-hydrogen) atoms. The van der Waals surface area contributed by atoms with Gasteiger partial charge in [0.15, 0.2) is 0 Å². The minimum Gasteiger partial charge on any atom is -0.481 e. The first-order chi connectivity index (χ1) is 12.7. The van der Waals surface area contributed by atoms with Crippen LogP contribution in [-0.2, 0) is 23.9 Å². The van der Waals surface area contributed by atoms with E-state index < -0.39 is 11.9 Å². The normalized spacial score (nSPS) is 13.1. The van der Waals surface area contributed by atoms with E-state index in [9.17, 15) is 19.2 Å². The molecule has 0 fully saturated rings. The van der Waals surface area contributed by atoms with Crippen molar-refractivity contribution in [3.63, 3.8) is 0 Å². The first kappa shape index (κ1) is 25.2. The van der Waals surface area contributed by atoms with Gasteiger partial charge in [-0.05, 0) is 37.5 Å². The van der Waals surface area contributed by atoms with Crippen LogP contribution in [0.15, 0.2) is 0 Å². The number of aliphatic carboxylic acids is 2. The number of carboxylic acids is 2. The zero-order valence-electron chi connectivity index (χ0n) is 16.6. The number of carbonyl (C=O) groups is 4. The molecule has 0 aromatic carbocycles. The summed E-state index contributed by atoms with van der Waals surface area (Å²) in [6.45, 7) is 4.79. The van der Waals surface area contributed by atoms with Crippen molar-refractivity contribution >= 4 is 23.5 Å². The van der Waals surface area contributed by atoms with E-state index in [1.165, 1.54) is 0 Å². The highest BCUT2D eigenvalue weighted by Gasteiger charge is 2.13. The molecule has 0 aromatic rings. The standard InChI is InChI=1S/C20H34O7/c1-15(11-17(21)7-3-5-9-19(23)24)13-27-14-16(2)12-18(22)8-4-6-10-20(25)26/h15-16H,3-14H2,1-2H3,(H,23,24)(H,25,26). The van der Waals surface area contributed by atoms with Crippen LogP contribution in [0.25, 0.3) is 0 Å². The van der Waals surface area contributed by atoms with Gasteiger partial charge in [0.2, 0.25) is 0 Å². The summed E-state index contributed by atoms with van der Waals surface area (Å²) in [5, 5.41) is 17.1. The van der Waals surface area contributed by atoms with Gasteiger partial charge in [-0.25, -0.2) is 0 Å². The minimum absolute atomic E-state index is 0.0934. The summed E-state index contributed by atoms with van der Waals surface area (Å²) in [5.74, 6) is -1.23. The van der Waals surface area contributed by atoms with Gasteiger partial charge in [0.1, 0.15) is 11.6 Å². The van der Waals surface area contributed by atoms with Gasteiger partial charge in [0, 0.05) is 51.7 Å². The molecule has 0 saturated carbocycles. The maximum Gasteiger partial charge on any atom is 0.303 e. The monoisotopic (exact) mass is 386 g/mol. The largest absolute Gasteiger partial charge is 0.481 e. The summed E-state index contributed by atoms with van der Waals surface area (Å²) in [7, 11) is 0. The van der Waals surface area contributed by atoms with E-state index in [4.69, 9.17) is 14.9 Å². The van der Waals surface area contributed by atoms with Crippen LogP contribution in [0.5, 0.6) is 0 Å². The van der Waals surface area contributed by atoms with Crippen molar-refractivity contribution in [3.05, 3.63) is 0 Å². The molecule has 0 aliphatic carbocycles. The average Bonchev–Trinajstić information content (AvgIpc) is 2.55. The summed E-state index contributed by atoms with van der Waals surface area (Å²) in [6.07, 6.45) is 4.10. The van der Waals surface area contributed by atoms with Crippen LogP contribution in [0.4, 0.5) is 0 Å². The van der Waals surface area contributed by atoms with E-state index in [-0.39, 0.29) is 36.2 Å². The van der Waals surface area contributed by atoms with Gasteiger partial charge in [-0.2, -0.15) is 0 Å². The van der Waals surface area contributed by atoms with E-state index in [1.807, 2.05) is 13.8 Å². The second-order valence-corrected chi connectivity index (χ2v) is 7.44. The van der Waals surface area contributed by atoms with Crippen molar-refractivity contribution in [3.8, 4) is 0 Å². The maximum atomic E-state index is 11.8. The summed E-state index contributed by atoms with van der Waals surface area (Å²) in [6, 6.07) is 0. The SMILES string of the molecule is CC(COCC(C)CC(=O)CCCCC(=O)O)CC(=O)CCCCC(=O)O. The topological polar surface area (TPSA) is 118 Å². The Morgan fingerprint density at radius 1 is 0.667 bits per heavy atom. The Morgan fingerprint density at radius 3 is 1.33 bits per heavy atom. The first-order valence-electron chi connectivity index (χ1n) is 9.75. The van der Waals surface area contributed by atoms with Crippen molar-refractivity contribution in [2.75, 3.05) is 13.2 Å². The van der Waals surface area contributed by atoms with Crippen molar-refractivity contribution in [1.82, 2.24) is 0 Å². The third-order valence-electron chi connectivity index (χ3n) is 4.15. The number of hydrogen-bond donors (Lipinski definition) is 2. The highest BCUT2D eigenvalue weighted by atomic mass is 16.5. The van der Waals surface area contributed by atoms with E-state index in [2.05, 4.69) is 0 Å². The number of carboxylic acid groups (broad SMARTS) is 2. The van der Waals surface area contributed by atoms with Gasteiger partial charge >= 0.3 is 11.9 Å². The molecule has 7 heteroatoms. The Hall–Kier alpha value is -1.76. The van der Waals surface area contributed by atoms with Crippen LogP contribution in [0, 0.1) is 11.8 Å². The molecule has 156 valence electrons. The average molecular weight is 386 g/mol. The van der Waals surface area contributed by atoms with Crippen molar-refractivity contribution in [2.24, 2.45) is 11.8 Å². The summed E-state index contributed by atoms with van der Waals surface area (Å²) < 4.78 is 5.61. The Bertz CT molecular complexity index is 431. The molecule has 0 aromatic heterocycles. The lowest BCUT2D eigenvalue weighted by molar-refractivity contribution is -0.138. The Morgan fingerprint density at radius 2 is 1.00 bits per heavy atom. The lowest BCUT2D eigenvalue weighted by atomic mass is 10.0. The van der Waals surface area contributed by atoms with Crippen LogP contribution < -0.4 is 0 Å². The van der Waals surface area contributed by atoms with Gasteiger partial charge in [-0.3, -0.25) is 19.2 Å². The Labute approximate surface area is 161 Å². The number of ketones is 2. The van der Waals surface area contributed by atoms with E-state index in [1.54, 1.807) is 0 Å². The van der Waals surface area contributed by atoms with Crippen molar-refractivity contribution in [2.45, 2.75) is 78.1 Å². The van der Waals surface area contributed by atoms with Gasteiger partial charge in [0.25, 0.3) is 0 Å². The molecule has 0 saturated heterocycles. The molecule has 7 nitrogen and oxygen atoms in total. The third-order valence-corrected chi connectivity index (χ3v) is 4.15. The second-order valence-electron chi connectivity index (χ2n) is 7.44. The smallest absolute Gasteiger partial charge is 0.303 e. The van der Waals surface area contributed by atoms with Gasteiger partial charge in [0.05, 0.1) is 0 Å². The second kappa shape index (κ2) is 15.3. The predicted molar refractivity (Wildman–Crippen MR) is 101 cm³/mol. The summed E-state index contributed by atoms with van der Waals surface area (Å²) in [5.41, 5.74) is 0. The Kier molecular flexibility index (Phi) is 14.3. The molecule has 2 atom stereocenters. The molecule has 0 aliphatic rings. The van der Waals surface area contributed by atoms with Crippen molar-refractivity contribution in [1.29, 1.82) is 0 Å². The highest BCUT2D eigenvalue weighted by Crippen LogP contribution is 2.12. The lowest BCUT2D eigenvalue weighted by Gasteiger charge is -2.15. The van der Waals surface area contributed by atoms with E-state index in [0.29, 0.717) is 64.6 Å². The van der Waals surface area contributed by atoms with Crippen LogP contribution in [-0.4, -0.2) is 46.9 Å². The fraction of sp³-hybridized carbons (Fsp3) is 0.800. The highest BCUT2D eigenvalue weighted by molar-refractivity contribution is 5.79. The number of rotatable bonds is 18. The lowest BCUT2D eigenvalue weighted by Crippen LogP contribution is -2.16. The van der Waals surface area contributed by atoms with Crippen LogP contribution >= 0.6 is 0 Å². The minimum atomic E-state index is -0.836. The molecule has 0 amide bonds. The molecule has 0 rings (SSSR count). The van der Waals surface area contributed by atoms with Crippen LogP contribution in [0.3, 0.4) is 0 Å². The molecule has 0 bridgehead atoms. The molecule has 2 N–H and O–H groups in total. The van der Waals surface area contributed by atoms with Crippen LogP contribution in [0.2, 0.25) is 0 Å². The zero-order valence-corrected chi connectivity index (χ0v) is 16.6. The van der Waals surface area contributed by atoms with Gasteiger partial charge in [-0.1, -0.05) is 13.8 Å². The maximum absolute atomic E-state index is 11.8. The third kappa shape index (κ3) is 17.4. The first-order valence-corrected chi connectivity index (χ1v) is 9.75. The molecule has 0 aliphatic heterocycles. The number of unbranched alkanes of at least 4 members (excludes halogenated alkanes) is 2. The summed E-state index contributed by atoms with van der Waals surface area (Å²) >= 11 is 0. The van der Waals surface area contributed by atoms with Gasteiger partial charge < -0.3 is 14.9 Å². The van der Waals surface area contributed by atoms with E-state index >= 15 is 0 Å². The summed E-state index contributed by atoms with van der Waals surface area (Å²) in [4.78, 5) is 44.5. The predicted octanol–water partition coefficient (Wildman–Crippen LogP) is 3.48. The quantitative estimate of drug-likeness (QED) is 0.346.